The van der Waals surface area contributed by atoms with Gasteiger partial charge in [-0.05, 0) is 56.9 Å². The van der Waals surface area contributed by atoms with Crippen molar-refractivity contribution in [3.63, 3.8) is 0 Å². The summed E-state index contributed by atoms with van der Waals surface area (Å²) in [5.41, 5.74) is 4.58. The average molecular weight is 1070 g/mol. The monoisotopic (exact) mass is 1070 g/mol. The number of anilines is 1. The molecule has 19 nitrogen and oxygen atoms in total. The lowest BCUT2D eigenvalue weighted by atomic mass is 10.0. The van der Waals surface area contributed by atoms with Crippen LogP contribution in [0, 0.1) is 5.92 Å². The largest absolute Gasteiger partial charge is 0.481 e. The van der Waals surface area contributed by atoms with Gasteiger partial charge in [0, 0.05) is 19.0 Å². The van der Waals surface area contributed by atoms with Crippen molar-refractivity contribution >= 4 is 33.4 Å². The van der Waals surface area contributed by atoms with Crippen LogP contribution in [0.5, 0.6) is 0 Å². The second-order valence-corrected chi connectivity index (χ2v) is 22.1. The molecule has 2 rings (SSSR count). The van der Waals surface area contributed by atoms with Gasteiger partial charge >= 0.3 is 33.3 Å². The zero-order chi connectivity index (χ0) is 53.7. The van der Waals surface area contributed by atoms with Crippen LogP contribution < -0.4 is 11.4 Å². The molecule has 0 amide bonds. The van der Waals surface area contributed by atoms with Crippen molar-refractivity contribution < 1.29 is 71.4 Å². The fraction of sp³-hybridized carbons (Fsp3) is 0.731. The summed E-state index contributed by atoms with van der Waals surface area (Å²) in [5.74, 6) is -0.612. The Morgan fingerprint density at radius 2 is 1.37 bits per heavy atom. The van der Waals surface area contributed by atoms with Gasteiger partial charge < -0.3 is 45.1 Å². The SMILES string of the molecule is CCCCC/C=C\C[C@H](O)/C=C/C=C\C/C=C\CCCC(=O)O[C@H](COC(=O)CCCCCCCCCCCCCCCCC(C)C)COP(=O)(O)OP(=O)(O)OC[C@H]1O[C@@H](n2ccc(N)nc2=O)[C@H](O)[C@@H]1O. The van der Waals surface area contributed by atoms with Crippen molar-refractivity contribution in [3.05, 3.63) is 71.4 Å². The molecule has 1 aromatic heterocycles. The van der Waals surface area contributed by atoms with Crippen molar-refractivity contribution in [1.29, 1.82) is 0 Å². The van der Waals surface area contributed by atoms with Crippen LogP contribution in [0.4, 0.5) is 5.82 Å². The van der Waals surface area contributed by atoms with Gasteiger partial charge in [0.25, 0.3) is 0 Å². The van der Waals surface area contributed by atoms with Gasteiger partial charge in [-0.3, -0.25) is 23.2 Å². The molecule has 0 radical (unpaired) electrons. The molecule has 21 heteroatoms. The minimum absolute atomic E-state index is 0.0575. The number of unbranched alkanes of at least 4 members (excludes halogenated alkanes) is 17. The predicted octanol–water partition coefficient (Wildman–Crippen LogP) is 10.2. The summed E-state index contributed by atoms with van der Waals surface area (Å²) >= 11 is 0. The zero-order valence-corrected chi connectivity index (χ0v) is 45.5. The number of hydrogen-bond acceptors (Lipinski definition) is 16. The minimum Gasteiger partial charge on any atom is -0.462 e. The maximum atomic E-state index is 12.9. The first-order chi connectivity index (χ1) is 34.9. The Kier molecular flexibility index (Phi) is 35.3. The Balaban J connectivity index is 1.83. The first-order valence-corrected chi connectivity index (χ1v) is 29.6. The second-order valence-electron chi connectivity index (χ2n) is 19.1. The van der Waals surface area contributed by atoms with Gasteiger partial charge in [0.2, 0.25) is 0 Å². The van der Waals surface area contributed by atoms with Crippen molar-refractivity contribution in [1.82, 2.24) is 9.55 Å². The molecule has 73 heavy (non-hydrogen) atoms. The number of carbonyl (C=O) groups excluding carboxylic acids is 2. The summed E-state index contributed by atoms with van der Waals surface area (Å²) in [4.78, 5) is 62.0. The molecule has 418 valence electrons. The van der Waals surface area contributed by atoms with Crippen LogP contribution in [-0.2, 0) is 46.3 Å². The van der Waals surface area contributed by atoms with Gasteiger partial charge in [-0.1, -0.05) is 172 Å². The van der Waals surface area contributed by atoms with E-state index in [0.717, 1.165) is 55.2 Å². The van der Waals surface area contributed by atoms with Gasteiger partial charge in [0.05, 0.1) is 19.3 Å². The fourth-order valence-electron chi connectivity index (χ4n) is 7.75. The molecule has 1 fully saturated rings. The number of carbonyl (C=O) groups is 2. The summed E-state index contributed by atoms with van der Waals surface area (Å²) < 4.78 is 56.7. The quantitative estimate of drug-likeness (QED) is 0.0117. The van der Waals surface area contributed by atoms with Crippen LogP contribution in [0.25, 0.3) is 0 Å². The lowest BCUT2D eigenvalue weighted by Gasteiger charge is -2.21. The number of allylic oxidation sites excluding steroid dienone is 6. The Hall–Kier alpha value is -3.32. The Bertz CT molecular complexity index is 1940. The van der Waals surface area contributed by atoms with E-state index in [1.165, 1.54) is 83.1 Å². The van der Waals surface area contributed by atoms with Crippen LogP contribution in [0.2, 0.25) is 0 Å². The highest BCUT2D eigenvalue weighted by atomic mass is 31.3. The van der Waals surface area contributed by atoms with E-state index in [2.05, 4.69) is 36.1 Å². The summed E-state index contributed by atoms with van der Waals surface area (Å²) in [7, 11) is -10.9. The Morgan fingerprint density at radius 1 is 0.767 bits per heavy atom. The third-order valence-electron chi connectivity index (χ3n) is 11.9. The van der Waals surface area contributed by atoms with Crippen LogP contribution >= 0.6 is 15.6 Å². The zero-order valence-electron chi connectivity index (χ0n) is 43.7. The summed E-state index contributed by atoms with van der Waals surface area (Å²) in [6.45, 7) is 4.33. The summed E-state index contributed by atoms with van der Waals surface area (Å²) in [6.07, 6.45) is 32.2. The van der Waals surface area contributed by atoms with Gasteiger partial charge in [-0.15, -0.1) is 0 Å². The highest BCUT2D eigenvalue weighted by Gasteiger charge is 2.46. The van der Waals surface area contributed by atoms with Crippen LogP contribution in [0.1, 0.15) is 188 Å². The van der Waals surface area contributed by atoms with E-state index in [-0.39, 0.29) is 18.7 Å². The molecule has 0 spiro atoms. The molecule has 2 unspecified atom stereocenters. The van der Waals surface area contributed by atoms with Gasteiger partial charge in [-0.25, -0.2) is 13.9 Å². The van der Waals surface area contributed by atoms with E-state index in [1.54, 1.807) is 12.2 Å². The van der Waals surface area contributed by atoms with Crippen molar-refractivity contribution in [2.24, 2.45) is 5.92 Å². The number of phosphoric ester groups is 2. The second kappa shape index (κ2) is 39.1. The highest BCUT2D eigenvalue weighted by molar-refractivity contribution is 7.61. The normalized spacial score (nSPS) is 19.8. The van der Waals surface area contributed by atoms with Gasteiger partial charge in [0.15, 0.2) is 12.3 Å². The number of aliphatic hydroxyl groups is 3. The number of aromatic nitrogens is 2. The number of nitrogens with two attached hydrogens (primary N) is 1. The number of phosphoric acid groups is 2. The Morgan fingerprint density at radius 3 is 2.01 bits per heavy atom. The maximum absolute atomic E-state index is 12.9. The smallest absolute Gasteiger partial charge is 0.462 e. The van der Waals surface area contributed by atoms with E-state index in [1.807, 2.05) is 30.4 Å². The molecule has 0 aliphatic carbocycles. The third-order valence-corrected chi connectivity index (χ3v) is 14.5. The van der Waals surface area contributed by atoms with E-state index < -0.39 is 89.8 Å². The maximum Gasteiger partial charge on any atom is 0.481 e. The van der Waals surface area contributed by atoms with Crippen LogP contribution in [0.15, 0.2) is 65.7 Å². The standard InChI is InChI=1S/C52H89N3O16P2/c1-4-5-6-7-23-28-33-43(56)34-29-24-19-16-17-21-26-31-36-48(58)69-44(39-66-47(57)35-30-25-20-15-13-11-9-8-10-12-14-18-22-27-32-42(2)3)40-67-72(62,63)71-73(64,65)68-41-45-49(59)50(60)51(70-45)55-38-37-46(53)54-52(55)61/h17,19,21,23-24,28-29,34,37-38,42-45,49-51,56,59-60H,4-16,18,20,22,25-27,30-33,35-36,39-41H2,1-3H3,(H,62,63)(H,64,65)(H2,53,54,61)/b21-17-,24-19-,28-23-,34-29+/t43-,44+,45+,49+,50+,51+/m0/s1. The average Bonchev–Trinajstić information content (AvgIpc) is 3.61. The fourth-order valence-corrected chi connectivity index (χ4v) is 9.86. The number of hydrogen-bond donors (Lipinski definition) is 6. The van der Waals surface area contributed by atoms with Crippen molar-refractivity contribution in [2.45, 2.75) is 218 Å². The number of ether oxygens (including phenoxy) is 3. The summed E-state index contributed by atoms with van der Waals surface area (Å²) in [5, 5.41) is 31.0. The minimum atomic E-state index is -5.45. The first-order valence-electron chi connectivity index (χ1n) is 26.6. The molecule has 1 saturated heterocycles. The number of nitrogens with zero attached hydrogens (tertiary/aromatic N) is 2. The van der Waals surface area contributed by atoms with E-state index in [4.69, 9.17) is 29.0 Å². The molecule has 0 aromatic carbocycles. The molecule has 7 N–H and O–H groups in total. The van der Waals surface area contributed by atoms with Crippen LogP contribution in [-0.4, -0.2) is 96.9 Å². The molecular weight excluding hydrogens is 985 g/mol. The number of esters is 2. The molecule has 0 bridgehead atoms. The molecule has 1 aliphatic heterocycles. The topological polar surface area (TPSA) is 286 Å². The number of nitrogen functional groups attached to an aromatic ring is 1. The molecule has 8 atom stereocenters. The lowest BCUT2D eigenvalue weighted by Crippen LogP contribution is -2.36. The molecule has 0 saturated carbocycles. The predicted molar refractivity (Wildman–Crippen MR) is 281 cm³/mol. The Labute approximate surface area is 433 Å². The molecule has 1 aliphatic rings. The van der Waals surface area contributed by atoms with E-state index in [9.17, 15) is 48.6 Å². The third kappa shape index (κ3) is 32.7. The molecule has 2 heterocycles. The number of aliphatic hydroxyl groups excluding tert-OH is 3. The van der Waals surface area contributed by atoms with Crippen molar-refractivity contribution in [3.8, 4) is 0 Å². The van der Waals surface area contributed by atoms with E-state index >= 15 is 0 Å². The highest BCUT2D eigenvalue weighted by Crippen LogP contribution is 2.60. The first kappa shape index (κ1) is 65.8. The number of rotatable bonds is 43. The van der Waals surface area contributed by atoms with Crippen molar-refractivity contribution in [2.75, 3.05) is 25.6 Å². The van der Waals surface area contributed by atoms with Gasteiger partial charge in [0.1, 0.15) is 30.7 Å². The van der Waals surface area contributed by atoms with Gasteiger partial charge in [-0.2, -0.15) is 9.29 Å². The van der Waals surface area contributed by atoms with E-state index in [0.29, 0.717) is 32.1 Å². The van der Waals surface area contributed by atoms with Crippen LogP contribution in [0.3, 0.4) is 0 Å². The summed E-state index contributed by atoms with van der Waals surface area (Å²) in [6, 6.07) is 1.24. The molecular formula is C52H89N3O16P2. The molecule has 1 aromatic rings. The lowest BCUT2D eigenvalue weighted by molar-refractivity contribution is -0.161.